The van der Waals surface area contributed by atoms with Gasteiger partial charge in [0, 0.05) is 29.4 Å². The molecular formula is C21H26N2O4. The lowest BCUT2D eigenvalue weighted by molar-refractivity contribution is -0.149. The van der Waals surface area contributed by atoms with E-state index in [1.807, 2.05) is 29.2 Å². The summed E-state index contributed by atoms with van der Waals surface area (Å²) in [7, 11) is 1.62. The highest BCUT2D eigenvalue weighted by Crippen LogP contribution is 2.29. The van der Waals surface area contributed by atoms with Crippen LogP contribution in [0.25, 0.3) is 10.9 Å². The Labute approximate surface area is 158 Å². The van der Waals surface area contributed by atoms with Gasteiger partial charge in [0.2, 0.25) is 5.91 Å². The van der Waals surface area contributed by atoms with Gasteiger partial charge in [-0.3, -0.25) is 9.59 Å². The first-order valence-electron chi connectivity index (χ1n) is 9.77. The number of aromatic amines is 1. The number of hydrogen-bond acceptors (Lipinski definition) is 4. The molecule has 2 heterocycles. The summed E-state index contributed by atoms with van der Waals surface area (Å²) in [5.41, 5.74) is 1.28. The summed E-state index contributed by atoms with van der Waals surface area (Å²) in [6.07, 6.45) is 5.37. The molecule has 0 bridgehead atoms. The summed E-state index contributed by atoms with van der Waals surface area (Å²) in [4.78, 5) is 30.1. The highest BCUT2D eigenvalue weighted by molar-refractivity contribution is 5.81. The molecule has 1 aliphatic heterocycles. The molecule has 1 aliphatic carbocycles. The number of ether oxygens (including phenoxy) is 2. The Bertz CT molecular complexity index is 889. The minimum Gasteiger partial charge on any atom is -0.497 e. The zero-order chi connectivity index (χ0) is 18.8. The number of carbonyl (C=O) groups excluding carboxylic acids is 1. The van der Waals surface area contributed by atoms with Crippen molar-refractivity contribution in [3.8, 4) is 5.75 Å². The second-order valence-electron chi connectivity index (χ2n) is 7.43. The highest BCUT2D eigenvalue weighted by Gasteiger charge is 2.36. The molecule has 2 fully saturated rings. The molecule has 27 heavy (non-hydrogen) atoms. The molecule has 1 N–H and O–H groups in total. The van der Waals surface area contributed by atoms with Gasteiger partial charge < -0.3 is 19.4 Å². The fourth-order valence-electron chi connectivity index (χ4n) is 4.33. The van der Waals surface area contributed by atoms with Crippen molar-refractivity contribution in [1.82, 2.24) is 9.88 Å². The van der Waals surface area contributed by atoms with Gasteiger partial charge in [-0.25, -0.2) is 0 Å². The quantitative estimate of drug-likeness (QED) is 0.898. The number of nitrogens with one attached hydrogen (secondary N) is 1. The Morgan fingerprint density at radius 3 is 3.00 bits per heavy atom. The van der Waals surface area contributed by atoms with Crippen LogP contribution in [-0.4, -0.2) is 48.2 Å². The number of aromatic nitrogens is 1. The average molecular weight is 370 g/mol. The number of methoxy groups -OCH3 is 1. The van der Waals surface area contributed by atoms with Crippen LogP contribution < -0.4 is 10.3 Å². The van der Waals surface area contributed by atoms with Crippen LogP contribution in [0, 0.1) is 0 Å². The molecule has 6 nitrogen and oxygen atoms in total. The number of morpholine rings is 1. The number of hydrogen-bond donors (Lipinski definition) is 1. The van der Waals surface area contributed by atoms with Crippen molar-refractivity contribution in [2.45, 2.75) is 50.7 Å². The maximum Gasteiger partial charge on any atom is 0.251 e. The van der Waals surface area contributed by atoms with Crippen LogP contribution in [0.4, 0.5) is 0 Å². The van der Waals surface area contributed by atoms with Crippen LogP contribution in [0.1, 0.15) is 37.7 Å². The van der Waals surface area contributed by atoms with Gasteiger partial charge in [-0.15, -0.1) is 0 Å². The highest BCUT2D eigenvalue weighted by atomic mass is 16.5. The largest absolute Gasteiger partial charge is 0.497 e. The van der Waals surface area contributed by atoms with E-state index in [9.17, 15) is 9.59 Å². The Morgan fingerprint density at radius 1 is 1.30 bits per heavy atom. The van der Waals surface area contributed by atoms with E-state index in [1.165, 1.54) is 6.42 Å². The molecule has 2 aromatic rings. The Kier molecular flexibility index (Phi) is 5.16. The second-order valence-corrected chi connectivity index (χ2v) is 7.43. The molecule has 1 aromatic heterocycles. The molecule has 1 saturated carbocycles. The molecule has 1 aromatic carbocycles. The molecule has 2 aliphatic rings. The number of carbonyl (C=O) groups is 1. The second kappa shape index (κ2) is 7.72. The van der Waals surface area contributed by atoms with Crippen LogP contribution in [0.15, 0.2) is 29.1 Å². The normalized spacial score (nSPS) is 22.5. The van der Waals surface area contributed by atoms with E-state index in [4.69, 9.17) is 9.47 Å². The summed E-state index contributed by atoms with van der Waals surface area (Å²) in [5, 5.41) is 0.912. The number of amides is 1. The maximum atomic E-state index is 12.8. The van der Waals surface area contributed by atoms with Gasteiger partial charge in [0.15, 0.2) is 0 Å². The van der Waals surface area contributed by atoms with Crippen molar-refractivity contribution in [2.75, 3.05) is 20.3 Å². The van der Waals surface area contributed by atoms with E-state index in [-0.39, 0.29) is 23.6 Å². The van der Waals surface area contributed by atoms with Crippen molar-refractivity contribution in [1.29, 1.82) is 0 Å². The lowest BCUT2D eigenvalue weighted by Crippen LogP contribution is -2.54. The molecule has 6 heteroatoms. The zero-order valence-corrected chi connectivity index (χ0v) is 15.7. The number of pyridine rings is 1. The third-order valence-electron chi connectivity index (χ3n) is 5.79. The van der Waals surface area contributed by atoms with E-state index in [0.29, 0.717) is 31.6 Å². The SMILES string of the molecule is COc1ccc2[nH]c(=O)c(CCC(=O)N3CCOC4CCCCC43)cc2c1. The molecule has 1 amide bonds. The number of benzene rings is 1. The van der Waals surface area contributed by atoms with Gasteiger partial charge in [-0.2, -0.15) is 0 Å². The molecule has 144 valence electrons. The van der Waals surface area contributed by atoms with Crippen molar-refractivity contribution < 1.29 is 14.3 Å². The Morgan fingerprint density at radius 2 is 2.15 bits per heavy atom. The minimum absolute atomic E-state index is 0.125. The molecule has 2 atom stereocenters. The van der Waals surface area contributed by atoms with E-state index in [1.54, 1.807) is 7.11 Å². The van der Waals surface area contributed by atoms with Crippen LogP contribution in [0.3, 0.4) is 0 Å². The third kappa shape index (κ3) is 3.72. The van der Waals surface area contributed by atoms with Crippen LogP contribution >= 0.6 is 0 Å². The van der Waals surface area contributed by atoms with Gasteiger partial charge >= 0.3 is 0 Å². The Balaban J connectivity index is 1.48. The maximum absolute atomic E-state index is 12.8. The number of nitrogens with zero attached hydrogens (tertiary/aromatic N) is 1. The van der Waals surface area contributed by atoms with Crippen LogP contribution in [0.2, 0.25) is 0 Å². The zero-order valence-electron chi connectivity index (χ0n) is 15.7. The average Bonchev–Trinajstić information content (AvgIpc) is 2.71. The first-order valence-corrected chi connectivity index (χ1v) is 9.77. The summed E-state index contributed by atoms with van der Waals surface area (Å²) < 4.78 is 11.1. The predicted octanol–water partition coefficient (Wildman–Crippen LogP) is 2.64. The van der Waals surface area contributed by atoms with Gasteiger partial charge in [0.25, 0.3) is 5.56 Å². The molecule has 1 saturated heterocycles. The van der Waals surface area contributed by atoms with Gasteiger partial charge in [0.05, 0.1) is 25.9 Å². The smallest absolute Gasteiger partial charge is 0.251 e. The number of aryl methyl sites for hydroxylation is 1. The first-order chi connectivity index (χ1) is 13.2. The van der Waals surface area contributed by atoms with E-state index in [0.717, 1.165) is 35.9 Å². The molecule has 2 unspecified atom stereocenters. The summed E-state index contributed by atoms with van der Waals surface area (Å²) in [6.45, 7) is 1.27. The molecule has 0 radical (unpaired) electrons. The monoisotopic (exact) mass is 370 g/mol. The number of H-pyrrole nitrogens is 1. The fraction of sp³-hybridized carbons (Fsp3) is 0.524. The molecule has 0 spiro atoms. The van der Waals surface area contributed by atoms with E-state index >= 15 is 0 Å². The van der Waals surface area contributed by atoms with Crippen LogP contribution in [0.5, 0.6) is 5.75 Å². The van der Waals surface area contributed by atoms with E-state index < -0.39 is 0 Å². The standard InChI is InChI=1S/C21H26N2O4/c1-26-16-7-8-17-15(13-16)12-14(21(25)22-17)6-9-20(24)23-10-11-27-19-5-3-2-4-18(19)23/h7-8,12-13,18-19H,2-6,9-11H2,1H3,(H,22,25). The minimum atomic E-state index is -0.127. The van der Waals surface area contributed by atoms with Crippen molar-refractivity contribution in [2.24, 2.45) is 0 Å². The summed E-state index contributed by atoms with van der Waals surface area (Å²) in [6, 6.07) is 7.62. The first kappa shape index (κ1) is 18.0. The molecular weight excluding hydrogens is 344 g/mol. The third-order valence-corrected chi connectivity index (χ3v) is 5.79. The summed E-state index contributed by atoms with van der Waals surface area (Å²) in [5.74, 6) is 0.869. The number of fused-ring (bicyclic) bond motifs is 2. The summed E-state index contributed by atoms with van der Waals surface area (Å²) >= 11 is 0. The lowest BCUT2D eigenvalue weighted by atomic mass is 9.90. The van der Waals surface area contributed by atoms with Crippen molar-refractivity contribution >= 4 is 16.8 Å². The van der Waals surface area contributed by atoms with Crippen LogP contribution in [-0.2, 0) is 16.0 Å². The topological polar surface area (TPSA) is 71.6 Å². The fourth-order valence-corrected chi connectivity index (χ4v) is 4.33. The van der Waals surface area contributed by atoms with Crippen molar-refractivity contribution in [3.63, 3.8) is 0 Å². The van der Waals surface area contributed by atoms with Gasteiger partial charge in [0.1, 0.15) is 5.75 Å². The lowest BCUT2D eigenvalue weighted by Gasteiger charge is -2.43. The molecule has 4 rings (SSSR count). The van der Waals surface area contributed by atoms with Crippen molar-refractivity contribution in [3.05, 3.63) is 40.2 Å². The van der Waals surface area contributed by atoms with Gasteiger partial charge in [-0.05, 0) is 43.5 Å². The van der Waals surface area contributed by atoms with E-state index in [2.05, 4.69) is 4.98 Å². The van der Waals surface area contributed by atoms with Gasteiger partial charge in [-0.1, -0.05) is 12.8 Å². The Hall–Kier alpha value is -2.34. The number of rotatable bonds is 4. The predicted molar refractivity (Wildman–Crippen MR) is 103 cm³/mol.